The fourth-order valence-electron chi connectivity index (χ4n) is 5.44. The van der Waals surface area contributed by atoms with E-state index in [1.165, 1.54) is 0 Å². The molecule has 0 atom stereocenters. The molecule has 0 fully saturated rings. The van der Waals surface area contributed by atoms with Crippen molar-refractivity contribution in [3.8, 4) is 22.5 Å². The Kier molecular flexibility index (Phi) is 3.16. The summed E-state index contributed by atoms with van der Waals surface area (Å²) >= 11 is 0. The van der Waals surface area contributed by atoms with Gasteiger partial charge in [0.1, 0.15) is 0 Å². The van der Waals surface area contributed by atoms with E-state index in [0.29, 0.717) is 11.7 Å². The first-order valence-electron chi connectivity index (χ1n) is 16.4. The Hall–Kier alpha value is -5.08. The van der Waals surface area contributed by atoms with Crippen LogP contribution in [0.2, 0.25) is 0 Å². The van der Waals surface area contributed by atoms with E-state index in [1.54, 1.807) is 22.8 Å². The van der Waals surface area contributed by atoms with Crippen molar-refractivity contribution in [1.29, 1.82) is 0 Å². The molecule has 0 saturated heterocycles. The van der Waals surface area contributed by atoms with Gasteiger partial charge in [0.2, 0.25) is 0 Å². The first kappa shape index (κ1) is 14.6. The third kappa shape index (κ3) is 3.07. The van der Waals surface area contributed by atoms with Crippen LogP contribution in [-0.2, 0) is 0 Å². The molecule has 2 heteroatoms. The SMILES string of the molecule is [2H]c1ccc(-c2cccc(-n3c4c([2H])c([2H])c([2H])c([2H])c4c4c([2H])c([2H])c(-n5c6ccccc6c6ccccc65)c([2H])c43)c2)cc1. The van der Waals surface area contributed by atoms with E-state index >= 15 is 0 Å². The Morgan fingerprint density at radius 1 is 0.421 bits per heavy atom. The number of benzene rings is 6. The lowest BCUT2D eigenvalue weighted by Gasteiger charge is -2.12. The highest BCUT2D eigenvalue weighted by atomic mass is 15.0. The van der Waals surface area contributed by atoms with Crippen molar-refractivity contribution in [3.05, 3.63) is 145 Å². The summed E-state index contributed by atoms with van der Waals surface area (Å²) in [4.78, 5) is 0. The van der Waals surface area contributed by atoms with Gasteiger partial charge in [-0.3, -0.25) is 0 Å². The van der Waals surface area contributed by atoms with Gasteiger partial charge in [-0.1, -0.05) is 103 Å². The minimum absolute atomic E-state index is 0.0699. The second-order valence-electron chi connectivity index (χ2n) is 9.21. The average molecular weight is 493 g/mol. The molecule has 8 rings (SSSR count). The van der Waals surface area contributed by atoms with Crippen molar-refractivity contribution in [1.82, 2.24) is 9.13 Å². The van der Waals surface area contributed by atoms with Crippen molar-refractivity contribution < 1.29 is 11.0 Å². The fraction of sp³-hybridized carbons (Fsp3) is 0. The van der Waals surface area contributed by atoms with Gasteiger partial charge in [0.25, 0.3) is 0 Å². The van der Waals surface area contributed by atoms with Crippen LogP contribution in [0.4, 0.5) is 0 Å². The molecule has 8 aromatic rings. The molecule has 178 valence electrons. The van der Waals surface area contributed by atoms with Gasteiger partial charge in [0, 0.05) is 32.9 Å². The normalized spacial score (nSPS) is 14.6. The molecular weight excluding hydrogens is 460 g/mol. The number of fused-ring (bicyclic) bond motifs is 6. The molecule has 0 radical (unpaired) electrons. The van der Waals surface area contributed by atoms with Gasteiger partial charge in [0.15, 0.2) is 0 Å². The van der Waals surface area contributed by atoms with Crippen LogP contribution in [0.5, 0.6) is 0 Å². The molecule has 6 aromatic carbocycles. The summed E-state index contributed by atoms with van der Waals surface area (Å²) in [5, 5.41) is 2.11. The van der Waals surface area contributed by atoms with Crippen LogP contribution in [0.3, 0.4) is 0 Å². The highest BCUT2D eigenvalue weighted by molar-refractivity contribution is 6.12. The Balaban J connectivity index is 1.58. The Morgan fingerprint density at radius 2 is 1.08 bits per heavy atom. The van der Waals surface area contributed by atoms with Crippen LogP contribution in [0.15, 0.2) is 145 Å². The van der Waals surface area contributed by atoms with Gasteiger partial charge in [-0.2, -0.15) is 0 Å². The van der Waals surface area contributed by atoms with E-state index in [1.807, 2.05) is 83.4 Å². The van der Waals surface area contributed by atoms with Crippen LogP contribution in [0, 0.1) is 0 Å². The summed E-state index contributed by atoms with van der Waals surface area (Å²) in [6, 6.07) is 28.4. The molecule has 38 heavy (non-hydrogen) atoms. The van der Waals surface area contributed by atoms with E-state index in [4.69, 9.17) is 6.85 Å². The second-order valence-corrected chi connectivity index (χ2v) is 9.21. The van der Waals surface area contributed by atoms with E-state index in [-0.39, 0.29) is 57.7 Å². The van der Waals surface area contributed by atoms with Crippen molar-refractivity contribution in [2.75, 3.05) is 0 Å². The number of hydrogen-bond donors (Lipinski definition) is 0. The molecule has 0 unspecified atom stereocenters. The molecule has 0 aliphatic rings. The molecule has 0 bridgehead atoms. The summed E-state index contributed by atoms with van der Waals surface area (Å²) in [5.41, 5.74) is 4.30. The quantitative estimate of drug-likeness (QED) is 0.232. The smallest absolute Gasteiger partial charge is 0.0667 e. The van der Waals surface area contributed by atoms with E-state index < -0.39 is 12.1 Å². The standard InChI is InChI=1S/C36H24N2/c1-2-11-25(12-3-1)26-13-10-14-27(23-26)38-35-20-9-6-17-31(35)32-22-21-28(24-36(32)38)37-33-18-7-4-15-29(33)30-16-5-8-19-34(30)37/h1-24H/i1D,6D,9D,17D,20D,21D,22D,24D. The summed E-state index contributed by atoms with van der Waals surface area (Å²) in [5.74, 6) is 0. The van der Waals surface area contributed by atoms with E-state index in [2.05, 4.69) is 0 Å². The van der Waals surface area contributed by atoms with Gasteiger partial charge < -0.3 is 9.13 Å². The maximum absolute atomic E-state index is 9.73. The number of hydrogen-bond acceptors (Lipinski definition) is 0. The molecular formula is C36H24N2. The summed E-state index contributed by atoms with van der Waals surface area (Å²) < 4.78 is 74.5. The maximum atomic E-state index is 9.73. The average Bonchev–Trinajstić information content (AvgIpc) is 3.61. The highest BCUT2D eigenvalue weighted by Crippen LogP contribution is 2.37. The minimum Gasteiger partial charge on any atom is -0.309 e. The van der Waals surface area contributed by atoms with Crippen LogP contribution in [0.25, 0.3) is 66.1 Å². The van der Waals surface area contributed by atoms with Crippen LogP contribution < -0.4 is 0 Å². The summed E-state index contributed by atoms with van der Waals surface area (Å²) in [7, 11) is 0. The molecule has 2 aromatic heterocycles. The monoisotopic (exact) mass is 492 g/mol. The molecule has 0 amide bonds. The predicted octanol–water partition coefficient (Wildman–Crippen LogP) is 9.55. The highest BCUT2D eigenvalue weighted by Gasteiger charge is 2.16. The first-order chi connectivity index (χ1) is 22.2. The van der Waals surface area contributed by atoms with Gasteiger partial charge in [-0.15, -0.1) is 0 Å². The molecule has 0 N–H and O–H groups in total. The number of nitrogens with zero attached hydrogens (tertiary/aromatic N) is 2. The first-order valence-corrected chi connectivity index (χ1v) is 12.4. The Bertz CT molecular complexity index is 2510. The number of rotatable bonds is 3. The van der Waals surface area contributed by atoms with Gasteiger partial charge >= 0.3 is 0 Å². The molecule has 0 spiro atoms. The van der Waals surface area contributed by atoms with Crippen LogP contribution >= 0.6 is 0 Å². The zero-order valence-corrected chi connectivity index (χ0v) is 20.1. The number of aromatic nitrogens is 2. The lowest BCUT2D eigenvalue weighted by Crippen LogP contribution is -1.97. The van der Waals surface area contributed by atoms with Crippen molar-refractivity contribution >= 4 is 43.6 Å². The third-order valence-electron chi connectivity index (χ3n) is 7.10. The summed E-state index contributed by atoms with van der Waals surface area (Å²) in [6.07, 6.45) is 0. The molecule has 0 saturated carbocycles. The topological polar surface area (TPSA) is 9.86 Å². The Morgan fingerprint density at radius 3 is 1.87 bits per heavy atom. The Labute approximate surface area is 231 Å². The van der Waals surface area contributed by atoms with Crippen molar-refractivity contribution in [2.24, 2.45) is 0 Å². The van der Waals surface area contributed by atoms with Crippen molar-refractivity contribution in [3.63, 3.8) is 0 Å². The predicted molar refractivity (Wildman–Crippen MR) is 161 cm³/mol. The van der Waals surface area contributed by atoms with E-state index in [9.17, 15) is 4.11 Å². The van der Waals surface area contributed by atoms with Gasteiger partial charge in [-0.05, 0) is 53.5 Å². The largest absolute Gasteiger partial charge is 0.309 e. The lowest BCUT2D eigenvalue weighted by atomic mass is 10.1. The van der Waals surface area contributed by atoms with Crippen LogP contribution in [-0.4, -0.2) is 9.13 Å². The van der Waals surface area contributed by atoms with Crippen molar-refractivity contribution in [2.45, 2.75) is 0 Å². The molecule has 2 heterocycles. The van der Waals surface area contributed by atoms with Gasteiger partial charge in [-0.25, -0.2) is 0 Å². The van der Waals surface area contributed by atoms with E-state index in [0.717, 1.165) is 32.9 Å². The van der Waals surface area contributed by atoms with Gasteiger partial charge in [0.05, 0.1) is 33.0 Å². The zero-order valence-electron chi connectivity index (χ0n) is 28.1. The van der Waals surface area contributed by atoms with Crippen LogP contribution in [0.1, 0.15) is 11.0 Å². The zero-order chi connectivity index (χ0) is 32.0. The molecule has 2 nitrogen and oxygen atoms in total. The number of para-hydroxylation sites is 3. The fourth-order valence-corrected chi connectivity index (χ4v) is 5.44. The molecule has 0 aliphatic heterocycles. The second kappa shape index (κ2) is 8.22. The molecule has 0 aliphatic carbocycles. The lowest BCUT2D eigenvalue weighted by molar-refractivity contribution is 1.15. The third-order valence-corrected chi connectivity index (χ3v) is 7.10. The summed E-state index contributed by atoms with van der Waals surface area (Å²) in [6.45, 7) is 0. The maximum Gasteiger partial charge on any atom is 0.0667 e. The minimum atomic E-state index is -0.440.